The van der Waals surface area contributed by atoms with Gasteiger partial charge in [0.2, 0.25) is 0 Å². The van der Waals surface area contributed by atoms with Crippen molar-refractivity contribution in [3.8, 4) is 0 Å². The molecule has 4 unspecified atom stereocenters. The number of hydrogen-bond acceptors (Lipinski definition) is 3. The van der Waals surface area contributed by atoms with E-state index in [-0.39, 0.29) is 5.60 Å². The average Bonchev–Trinajstić information content (AvgIpc) is 3.18. The first-order valence-electron chi connectivity index (χ1n) is 9.29. The van der Waals surface area contributed by atoms with Crippen LogP contribution >= 0.6 is 0 Å². The molecule has 1 saturated heterocycles. The van der Waals surface area contributed by atoms with Crippen molar-refractivity contribution in [3.63, 3.8) is 0 Å². The second-order valence-electron chi connectivity index (χ2n) is 8.00. The van der Waals surface area contributed by atoms with Crippen molar-refractivity contribution in [2.75, 3.05) is 0 Å². The predicted octanol–water partition coefficient (Wildman–Crippen LogP) is 4.45. The van der Waals surface area contributed by atoms with E-state index in [1.165, 1.54) is 5.57 Å². The van der Waals surface area contributed by atoms with Crippen LogP contribution in [0.25, 0.3) is 0 Å². The van der Waals surface area contributed by atoms with Crippen LogP contribution in [0, 0.1) is 0 Å². The molecule has 136 valence electrons. The molecular formula is C21H34O3. The van der Waals surface area contributed by atoms with Crippen LogP contribution in [0.3, 0.4) is 0 Å². The summed E-state index contributed by atoms with van der Waals surface area (Å²) in [5.41, 5.74) is 2.29. The summed E-state index contributed by atoms with van der Waals surface area (Å²) in [5, 5.41) is 21.2. The molecule has 0 aromatic heterocycles. The molecule has 1 aliphatic carbocycles. The van der Waals surface area contributed by atoms with Gasteiger partial charge in [0.15, 0.2) is 0 Å². The lowest BCUT2D eigenvalue weighted by molar-refractivity contribution is 0.0819. The summed E-state index contributed by atoms with van der Waals surface area (Å²) in [6, 6.07) is 0. The highest BCUT2D eigenvalue weighted by molar-refractivity contribution is 5.26. The van der Waals surface area contributed by atoms with Crippen molar-refractivity contribution in [2.45, 2.75) is 96.6 Å². The monoisotopic (exact) mass is 334 g/mol. The summed E-state index contributed by atoms with van der Waals surface area (Å²) in [5.74, 6) is 0. The van der Waals surface area contributed by atoms with E-state index in [4.69, 9.17) is 4.74 Å². The van der Waals surface area contributed by atoms with E-state index in [9.17, 15) is 10.2 Å². The summed E-state index contributed by atoms with van der Waals surface area (Å²) in [6.07, 6.45) is 11.1. The van der Waals surface area contributed by atoms with Gasteiger partial charge >= 0.3 is 0 Å². The molecule has 24 heavy (non-hydrogen) atoms. The van der Waals surface area contributed by atoms with Crippen LogP contribution < -0.4 is 0 Å². The van der Waals surface area contributed by atoms with Crippen molar-refractivity contribution in [1.29, 1.82) is 0 Å². The summed E-state index contributed by atoms with van der Waals surface area (Å²) in [4.78, 5) is 0. The lowest BCUT2D eigenvalue weighted by Crippen LogP contribution is -2.28. The van der Waals surface area contributed by atoms with E-state index in [0.29, 0.717) is 18.9 Å². The highest BCUT2D eigenvalue weighted by atomic mass is 16.6. The Kier molecular flexibility index (Phi) is 6.11. The first-order valence-corrected chi connectivity index (χ1v) is 9.29. The van der Waals surface area contributed by atoms with Gasteiger partial charge in [0, 0.05) is 6.42 Å². The van der Waals surface area contributed by atoms with Gasteiger partial charge in [-0.3, -0.25) is 0 Å². The standard InChI is InChI=1S/C21H34O3/c1-6-20(4,23)17-11-9-15(2)10-12-19-21(5,24-19)13-7-8-16(3)18(22)14-17/h8-9,11,18-19,22-23H,6-7,10,12-14H2,1-5H3/b15-9+,16-8+,17-11+. The molecule has 0 amide bonds. The smallest absolute Gasteiger partial charge is 0.0923 e. The molecule has 0 radical (unpaired) electrons. The minimum absolute atomic E-state index is 0.0129. The van der Waals surface area contributed by atoms with Gasteiger partial charge in [-0.1, -0.05) is 30.7 Å². The van der Waals surface area contributed by atoms with Crippen molar-refractivity contribution in [1.82, 2.24) is 0 Å². The minimum Gasteiger partial charge on any atom is -0.388 e. The van der Waals surface area contributed by atoms with Gasteiger partial charge in [-0.05, 0) is 70.9 Å². The van der Waals surface area contributed by atoms with Crippen LogP contribution in [-0.4, -0.2) is 33.6 Å². The van der Waals surface area contributed by atoms with Gasteiger partial charge in [-0.25, -0.2) is 0 Å². The van der Waals surface area contributed by atoms with Crippen molar-refractivity contribution in [3.05, 3.63) is 34.9 Å². The van der Waals surface area contributed by atoms with E-state index in [1.54, 1.807) is 0 Å². The highest BCUT2D eigenvalue weighted by Crippen LogP contribution is 2.43. The number of epoxide rings is 1. The summed E-state index contributed by atoms with van der Waals surface area (Å²) in [7, 11) is 0. The normalized spacial score (nSPS) is 41.4. The maximum atomic E-state index is 10.7. The fourth-order valence-corrected chi connectivity index (χ4v) is 3.35. The molecule has 0 bridgehead atoms. The van der Waals surface area contributed by atoms with Crippen molar-refractivity contribution in [2.24, 2.45) is 0 Å². The zero-order valence-electron chi connectivity index (χ0n) is 15.9. The summed E-state index contributed by atoms with van der Waals surface area (Å²) in [6.45, 7) is 10.1. The van der Waals surface area contributed by atoms with Crippen LogP contribution in [0.4, 0.5) is 0 Å². The fourth-order valence-electron chi connectivity index (χ4n) is 3.35. The maximum Gasteiger partial charge on any atom is 0.0923 e. The number of hydrogen-bond donors (Lipinski definition) is 2. The number of allylic oxidation sites excluding steroid dienone is 4. The first kappa shape index (κ1) is 19.4. The maximum absolute atomic E-state index is 10.7. The Hall–Kier alpha value is -0.900. The second kappa shape index (κ2) is 7.55. The van der Waals surface area contributed by atoms with E-state index in [1.807, 2.05) is 26.8 Å². The second-order valence-corrected chi connectivity index (χ2v) is 8.00. The zero-order chi connectivity index (χ0) is 18.0. The Bertz CT molecular complexity index is 541. The predicted molar refractivity (Wildman–Crippen MR) is 98.9 cm³/mol. The topological polar surface area (TPSA) is 53.0 Å². The molecule has 0 aromatic rings. The van der Waals surface area contributed by atoms with Crippen LogP contribution in [0.15, 0.2) is 34.9 Å². The zero-order valence-corrected chi connectivity index (χ0v) is 15.9. The summed E-state index contributed by atoms with van der Waals surface area (Å²) < 4.78 is 5.91. The molecule has 1 fully saturated rings. The molecule has 1 heterocycles. The molecular weight excluding hydrogens is 300 g/mol. The van der Waals surface area contributed by atoms with E-state index >= 15 is 0 Å². The molecule has 2 N–H and O–H groups in total. The van der Waals surface area contributed by atoms with Gasteiger partial charge < -0.3 is 14.9 Å². The van der Waals surface area contributed by atoms with Gasteiger partial charge in [-0.15, -0.1) is 0 Å². The van der Waals surface area contributed by atoms with Crippen molar-refractivity contribution < 1.29 is 14.9 Å². The molecule has 3 heteroatoms. The van der Waals surface area contributed by atoms with Crippen LogP contribution in [0.2, 0.25) is 0 Å². The molecule has 4 atom stereocenters. The molecule has 0 saturated carbocycles. The Morgan fingerprint density at radius 3 is 2.71 bits per heavy atom. The fraction of sp³-hybridized carbons (Fsp3) is 0.714. The van der Waals surface area contributed by atoms with Crippen molar-refractivity contribution >= 4 is 0 Å². The Balaban J connectivity index is 2.26. The van der Waals surface area contributed by atoms with Crippen LogP contribution in [-0.2, 0) is 4.74 Å². The Labute approximate surface area is 147 Å². The average molecular weight is 334 g/mol. The van der Waals surface area contributed by atoms with Gasteiger partial charge in [0.25, 0.3) is 0 Å². The molecule has 3 nitrogen and oxygen atoms in total. The number of aliphatic hydroxyl groups excluding tert-OH is 1. The van der Waals surface area contributed by atoms with Crippen LogP contribution in [0.5, 0.6) is 0 Å². The molecule has 1 aliphatic heterocycles. The van der Waals surface area contributed by atoms with E-state index < -0.39 is 11.7 Å². The quantitative estimate of drug-likeness (QED) is 0.579. The third-order valence-corrected chi connectivity index (χ3v) is 5.83. The number of rotatable bonds is 2. The molecule has 2 rings (SSSR count). The lowest BCUT2D eigenvalue weighted by atomic mass is 9.86. The SMILES string of the molecule is CCC(C)(O)/C1=C/C=C(\C)CCC2OC2(C)CC/C=C(\C)C(O)C1. The third-order valence-electron chi connectivity index (χ3n) is 5.83. The van der Waals surface area contributed by atoms with Gasteiger partial charge in [0.05, 0.1) is 23.4 Å². The molecule has 2 aliphatic rings. The number of aliphatic hydroxyl groups is 2. The molecule has 0 aromatic carbocycles. The van der Waals surface area contributed by atoms with E-state index in [2.05, 4.69) is 26.0 Å². The van der Waals surface area contributed by atoms with Gasteiger partial charge in [0.1, 0.15) is 0 Å². The third kappa shape index (κ3) is 4.81. The lowest BCUT2D eigenvalue weighted by Gasteiger charge is -2.27. The van der Waals surface area contributed by atoms with E-state index in [0.717, 1.165) is 36.8 Å². The minimum atomic E-state index is -0.882. The number of ether oxygens (including phenoxy) is 1. The number of fused-ring (bicyclic) bond motifs is 1. The highest BCUT2D eigenvalue weighted by Gasteiger charge is 2.50. The molecule has 0 spiro atoms. The van der Waals surface area contributed by atoms with Gasteiger partial charge in [-0.2, -0.15) is 0 Å². The Morgan fingerprint density at radius 2 is 2.04 bits per heavy atom. The van der Waals surface area contributed by atoms with Crippen LogP contribution in [0.1, 0.15) is 73.1 Å². The summed E-state index contributed by atoms with van der Waals surface area (Å²) >= 11 is 0. The largest absolute Gasteiger partial charge is 0.388 e. The Morgan fingerprint density at radius 1 is 1.33 bits per heavy atom. The first-order chi connectivity index (χ1) is 11.2.